The summed E-state index contributed by atoms with van der Waals surface area (Å²) < 4.78 is 5.32. The number of aromatic nitrogens is 2. The maximum Gasteiger partial charge on any atom is 0.335 e. The minimum Gasteiger partial charge on any atom is -0.482 e. The van der Waals surface area contributed by atoms with Crippen molar-refractivity contribution in [2.24, 2.45) is 0 Å². The van der Waals surface area contributed by atoms with Gasteiger partial charge in [-0.2, -0.15) is 0 Å². The summed E-state index contributed by atoms with van der Waals surface area (Å²) in [5.74, 6) is -1.73. The zero-order valence-electron chi connectivity index (χ0n) is 19.5. The van der Waals surface area contributed by atoms with Gasteiger partial charge in [0.25, 0.3) is 17.7 Å². The molecule has 4 rings (SSSR count). The third-order valence-electron chi connectivity index (χ3n) is 5.59. The monoisotopic (exact) mass is 489 g/mol. The largest absolute Gasteiger partial charge is 0.482 e. The lowest BCUT2D eigenvalue weighted by Crippen LogP contribution is -2.29. The number of rotatable bonds is 7. The molecule has 0 spiro atoms. The molecule has 0 fully saturated rings. The highest BCUT2D eigenvalue weighted by Gasteiger charge is 2.18. The zero-order valence-corrected chi connectivity index (χ0v) is 19.5. The molecule has 0 bridgehead atoms. The molecule has 0 aliphatic carbocycles. The van der Waals surface area contributed by atoms with Crippen molar-refractivity contribution in [1.82, 2.24) is 20.6 Å². The number of amides is 3. The maximum absolute atomic E-state index is 12.7. The predicted octanol–water partition coefficient (Wildman–Crippen LogP) is 2.24. The lowest BCUT2D eigenvalue weighted by molar-refractivity contribution is -0.118. The fourth-order valence-corrected chi connectivity index (χ4v) is 3.67. The Bertz CT molecular complexity index is 1370. The Morgan fingerprint density at radius 2 is 1.83 bits per heavy atom. The number of anilines is 1. The van der Waals surface area contributed by atoms with Gasteiger partial charge in [0, 0.05) is 12.6 Å². The summed E-state index contributed by atoms with van der Waals surface area (Å²) in [7, 11) is 0. The summed E-state index contributed by atoms with van der Waals surface area (Å²) >= 11 is 0. The molecule has 36 heavy (non-hydrogen) atoms. The fourth-order valence-electron chi connectivity index (χ4n) is 3.67. The Kier molecular flexibility index (Phi) is 6.91. The smallest absolute Gasteiger partial charge is 0.335 e. The minimum atomic E-state index is -1.02. The molecule has 0 radical (unpaired) electrons. The molecule has 2 heterocycles. The van der Waals surface area contributed by atoms with Gasteiger partial charge < -0.3 is 25.8 Å². The molecule has 11 heteroatoms. The van der Waals surface area contributed by atoms with Gasteiger partial charge in [0.1, 0.15) is 23.5 Å². The molecule has 1 aliphatic rings. The molecular weight excluding hydrogens is 466 g/mol. The van der Waals surface area contributed by atoms with Gasteiger partial charge >= 0.3 is 5.97 Å². The number of hydrogen-bond donors (Lipinski definition) is 4. The van der Waals surface area contributed by atoms with Gasteiger partial charge in [0.15, 0.2) is 6.61 Å². The van der Waals surface area contributed by atoms with Crippen molar-refractivity contribution in [3.8, 4) is 5.75 Å². The van der Waals surface area contributed by atoms with Gasteiger partial charge in [0.05, 0.1) is 17.3 Å². The van der Waals surface area contributed by atoms with Gasteiger partial charge in [0.2, 0.25) is 0 Å². The number of nitrogens with zero attached hydrogens (tertiary/aromatic N) is 2. The SMILES string of the molecule is Cc1cc([C@H](C)NC(=O)c2cc(C(=O)NCc3ccc4c(c3)NC(=O)CO4)ncn2)ccc1C(=O)O. The molecule has 11 nitrogen and oxygen atoms in total. The number of nitrogens with one attached hydrogen (secondary N) is 3. The number of carboxylic acid groups (broad SMARTS) is 1. The third-order valence-corrected chi connectivity index (χ3v) is 5.59. The molecule has 184 valence electrons. The first-order chi connectivity index (χ1) is 17.2. The van der Waals surface area contributed by atoms with Crippen LogP contribution in [0.4, 0.5) is 5.69 Å². The lowest BCUT2D eigenvalue weighted by Gasteiger charge is -2.18. The summed E-state index contributed by atoms with van der Waals surface area (Å²) in [6.07, 6.45) is 1.13. The van der Waals surface area contributed by atoms with Crippen LogP contribution in [-0.4, -0.2) is 45.4 Å². The summed E-state index contributed by atoms with van der Waals surface area (Å²) in [5, 5.41) is 17.4. The molecule has 0 unspecified atom stereocenters. The van der Waals surface area contributed by atoms with Gasteiger partial charge in [-0.05, 0) is 48.7 Å². The van der Waals surface area contributed by atoms with E-state index in [4.69, 9.17) is 4.74 Å². The molecule has 1 aliphatic heterocycles. The van der Waals surface area contributed by atoms with Crippen molar-refractivity contribution in [2.75, 3.05) is 11.9 Å². The molecule has 0 saturated carbocycles. The quantitative estimate of drug-likeness (QED) is 0.393. The van der Waals surface area contributed by atoms with Crippen molar-refractivity contribution in [1.29, 1.82) is 0 Å². The van der Waals surface area contributed by atoms with Crippen LogP contribution in [0.5, 0.6) is 5.75 Å². The predicted molar refractivity (Wildman–Crippen MR) is 128 cm³/mol. The van der Waals surface area contributed by atoms with Crippen LogP contribution in [0.2, 0.25) is 0 Å². The van der Waals surface area contributed by atoms with Crippen LogP contribution in [0, 0.1) is 6.92 Å². The Balaban J connectivity index is 1.39. The van der Waals surface area contributed by atoms with E-state index in [1.807, 2.05) is 0 Å². The van der Waals surface area contributed by atoms with Crippen LogP contribution in [0.1, 0.15) is 61.0 Å². The van der Waals surface area contributed by atoms with Crippen molar-refractivity contribution in [3.63, 3.8) is 0 Å². The second kappa shape index (κ2) is 10.2. The van der Waals surface area contributed by atoms with Crippen molar-refractivity contribution < 1.29 is 29.0 Å². The highest BCUT2D eigenvalue weighted by atomic mass is 16.5. The molecule has 0 saturated heterocycles. The van der Waals surface area contributed by atoms with Crippen LogP contribution in [0.15, 0.2) is 48.8 Å². The second-order valence-corrected chi connectivity index (χ2v) is 8.21. The van der Waals surface area contributed by atoms with E-state index in [1.165, 1.54) is 12.1 Å². The van der Waals surface area contributed by atoms with E-state index in [0.717, 1.165) is 17.5 Å². The summed E-state index contributed by atoms with van der Waals surface area (Å²) in [4.78, 5) is 56.0. The number of aryl methyl sites for hydroxylation is 1. The molecule has 1 atom stereocenters. The Hall–Kier alpha value is -4.80. The van der Waals surface area contributed by atoms with Crippen LogP contribution in [0.3, 0.4) is 0 Å². The van der Waals surface area contributed by atoms with Crippen molar-refractivity contribution in [2.45, 2.75) is 26.4 Å². The van der Waals surface area contributed by atoms with Gasteiger partial charge in [-0.25, -0.2) is 14.8 Å². The van der Waals surface area contributed by atoms with E-state index in [1.54, 1.807) is 44.2 Å². The normalized spacial score (nSPS) is 13.0. The van der Waals surface area contributed by atoms with Crippen molar-refractivity contribution in [3.05, 3.63) is 82.4 Å². The Morgan fingerprint density at radius 1 is 1.08 bits per heavy atom. The van der Waals surface area contributed by atoms with Crippen LogP contribution in [0.25, 0.3) is 0 Å². The highest BCUT2D eigenvalue weighted by Crippen LogP contribution is 2.28. The van der Waals surface area contributed by atoms with Gasteiger partial charge in [-0.1, -0.05) is 18.2 Å². The van der Waals surface area contributed by atoms with E-state index < -0.39 is 23.8 Å². The number of carboxylic acids is 1. The average molecular weight is 489 g/mol. The number of carbonyl (C=O) groups excluding carboxylic acids is 3. The molecule has 1 aromatic heterocycles. The topological polar surface area (TPSA) is 160 Å². The summed E-state index contributed by atoms with van der Waals surface area (Å²) in [6.45, 7) is 3.57. The zero-order chi connectivity index (χ0) is 25.8. The minimum absolute atomic E-state index is 0.00881. The Morgan fingerprint density at radius 3 is 2.56 bits per heavy atom. The number of ether oxygens (including phenoxy) is 1. The standard InChI is InChI=1S/C25H23N5O6/c1-13-7-16(4-5-17(13)25(34)35)14(2)29-24(33)20-9-19(27-12-28-20)23(32)26-10-15-3-6-21-18(8-15)30-22(31)11-36-21/h3-9,12,14H,10-11H2,1-2H3,(H,26,32)(H,29,33)(H,30,31)(H,34,35)/t14-/m0/s1. The number of fused-ring (bicyclic) bond motifs is 1. The van der Waals surface area contributed by atoms with Crippen LogP contribution in [-0.2, 0) is 11.3 Å². The number of aromatic carboxylic acids is 1. The first-order valence-corrected chi connectivity index (χ1v) is 11.0. The van der Waals surface area contributed by atoms with Crippen molar-refractivity contribution >= 4 is 29.4 Å². The summed E-state index contributed by atoms with van der Waals surface area (Å²) in [5.41, 5.74) is 2.78. The van der Waals surface area contributed by atoms with Crippen LogP contribution >= 0.6 is 0 Å². The molecule has 3 aromatic rings. The van der Waals surface area contributed by atoms with E-state index in [2.05, 4.69) is 25.9 Å². The summed E-state index contributed by atoms with van der Waals surface area (Å²) in [6, 6.07) is 10.9. The third kappa shape index (κ3) is 5.46. The average Bonchev–Trinajstić information content (AvgIpc) is 2.86. The first-order valence-electron chi connectivity index (χ1n) is 11.0. The highest BCUT2D eigenvalue weighted by molar-refractivity contribution is 5.97. The second-order valence-electron chi connectivity index (χ2n) is 8.21. The molecule has 4 N–H and O–H groups in total. The first kappa shape index (κ1) is 24.3. The van der Waals surface area contributed by atoms with Gasteiger partial charge in [-0.15, -0.1) is 0 Å². The molecule has 3 amide bonds. The van der Waals surface area contributed by atoms with E-state index in [9.17, 15) is 24.3 Å². The number of hydrogen-bond acceptors (Lipinski definition) is 7. The number of benzene rings is 2. The Labute approximate surface area is 205 Å². The molecule has 2 aromatic carbocycles. The molecular formula is C25H23N5O6. The maximum atomic E-state index is 12.7. The van der Waals surface area contributed by atoms with E-state index in [-0.39, 0.29) is 36.0 Å². The van der Waals surface area contributed by atoms with Crippen LogP contribution < -0.4 is 20.7 Å². The fraction of sp³-hybridized carbons (Fsp3) is 0.200. The van der Waals surface area contributed by atoms with Gasteiger partial charge in [-0.3, -0.25) is 14.4 Å². The number of carbonyl (C=O) groups is 4. The lowest BCUT2D eigenvalue weighted by atomic mass is 10.0. The van der Waals surface area contributed by atoms with E-state index in [0.29, 0.717) is 17.0 Å². The van der Waals surface area contributed by atoms with E-state index >= 15 is 0 Å².